The highest BCUT2D eigenvalue weighted by Gasteiger charge is 2.18. The smallest absolute Gasteiger partial charge is 0.222 e. The van der Waals surface area contributed by atoms with Crippen LogP contribution in [0.3, 0.4) is 0 Å². The minimum absolute atomic E-state index is 0. The second-order valence-corrected chi connectivity index (χ2v) is 7.02. The monoisotopic (exact) mass is 499 g/mol. The number of nitrogens with one attached hydrogen (secondary N) is 2. The lowest BCUT2D eigenvalue weighted by Gasteiger charge is -2.36. The van der Waals surface area contributed by atoms with Crippen molar-refractivity contribution in [3.63, 3.8) is 0 Å². The highest BCUT2D eigenvalue weighted by atomic mass is 127. The van der Waals surface area contributed by atoms with E-state index in [-0.39, 0.29) is 35.8 Å². The zero-order valence-electron chi connectivity index (χ0n) is 17.2. The van der Waals surface area contributed by atoms with Crippen molar-refractivity contribution in [1.82, 2.24) is 20.4 Å². The van der Waals surface area contributed by atoms with E-state index < -0.39 is 0 Å². The third kappa shape index (κ3) is 8.60. The molecule has 1 amide bonds. The summed E-state index contributed by atoms with van der Waals surface area (Å²) < 4.78 is 0. The summed E-state index contributed by atoms with van der Waals surface area (Å²) in [6, 6.07) is 10.4. The molecule has 0 aromatic heterocycles. The Hall–Kier alpha value is -1.61. The van der Waals surface area contributed by atoms with Gasteiger partial charge in [-0.25, -0.2) is 0 Å². The number of amides is 1. The Morgan fingerprint density at radius 2 is 1.75 bits per heavy atom. The fourth-order valence-corrected chi connectivity index (χ4v) is 2.94. The van der Waals surface area contributed by atoms with Crippen molar-refractivity contribution in [3.8, 4) is 0 Å². The predicted octanol–water partition coefficient (Wildman–Crippen LogP) is 2.28. The normalized spacial score (nSPS) is 15.6. The SMILES string of the molecule is CN=C(NCCNC(=O)C(C)C)N1CCN(CC=Cc2ccccc2)CC1.I. The Morgan fingerprint density at radius 1 is 1.11 bits per heavy atom. The van der Waals surface area contributed by atoms with Crippen molar-refractivity contribution in [2.45, 2.75) is 13.8 Å². The van der Waals surface area contributed by atoms with Crippen LogP contribution in [0.5, 0.6) is 0 Å². The summed E-state index contributed by atoms with van der Waals surface area (Å²) >= 11 is 0. The van der Waals surface area contributed by atoms with Gasteiger partial charge < -0.3 is 15.5 Å². The van der Waals surface area contributed by atoms with E-state index in [2.05, 4.69) is 61.8 Å². The molecule has 1 aromatic carbocycles. The second-order valence-electron chi connectivity index (χ2n) is 7.02. The van der Waals surface area contributed by atoms with Gasteiger partial charge in [0.2, 0.25) is 5.91 Å². The first kappa shape index (κ1) is 24.4. The molecule has 1 aliphatic heterocycles. The maximum absolute atomic E-state index is 11.6. The lowest BCUT2D eigenvalue weighted by atomic mass is 10.2. The van der Waals surface area contributed by atoms with Gasteiger partial charge in [0.15, 0.2) is 5.96 Å². The molecule has 0 atom stereocenters. The van der Waals surface area contributed by atoms with Crippen molar-refractivity contribution in [1.29, 1.82) is 0 Å². The van der Waals surface area contributed by atoms with Gasteiger partial charge in [0, 0.05) is 58.8 Å². The number of halogens is 1. The third-order valence-electron chi connectivity index (χ3n) is 4.59. The molecule has 7 heteroatoms. The largest absolute Gasteiger partial charge is 0.354 e. The average Bonchev–Trinajstić information content (AvgIpc) is 2.69. The Bertz CT molecular complexity index is 625. The first-order chi connectivity index (χ1) is 13.1. The maximum Gasteiger partial charge on any atom is 0.222 e. The summed E-state index contributed by atoms with van der Waals surface area (Å²) in [7, 11) is 1.81. The molecule has 1 aromatic rings. The van der Waals surface area contributed by atoms with E-state index in [1.54, 1.807) is 0 Å². The van der Waals surface area contributed by atoms with Crippen molar-refractivity contribution in [2.75, 3.05) is 52.9 Å². The summed E-state index contributed by atoms with van der Waals surface area (Å²) in [6.45, 7) is 10.0. The molecular weight excluding hydrogens is 465 g/mol. The number of aliphatic imine (C=N–C) groups is 1. The third-order valence-corrected chi connectivity index (χ3v) is 4.59. The number of carbonyl (C=O) groups is 1. The zero-order valence-corrected chi connectivity index (χ0v) is 19.6. The van der Waals surface area contributed by atoms with Crippen molar-refractivity contribution in [2.24, 2.45) is 10.9 Å². The molecule has 0 spiro atoms. The first-order valence-electron chi connectivity index (χ1n) is 9.77. The van der Waals surface area contributed by atoms with E-state index in [1.807, 2.05) is 27.0 Å². The van der Waals surface area contributed by atoms with Crippen LogP contribution in [0, 0.1) is 5.92 Å². The summed E-state index contributed by atoms with van der Waals surface area (Å²) in [5, 5.41) is 6.26. The lowest BCUT2D eigenvalue weighted by Crippen LogP contribution is -2.53. The topological polar surface area (TPSA) is 60.0 Å². The number of hydrogen-bond donors (Lipinski definition) is 2. The van der Waals surface area contributed by atoms with E-state index in [9.17, 15) is 4.79 Å². The molecule has 0 bridgehead atoms. The molecule has 28 heavy (non-hydrogen) atoms. The van der Waals surface area contributed by atoms with Crippen LogP contribution in [-0.2, 0) is 4.79 Å². The molecule has 0 radical (unpaired) electrons. The Morgan fingerprint density at radius 3 is 2.36 bits per heavy atom. The van der Waals surface area contributed by atoms with Crippen LogP contribution >= 0.6 is 24.0 Å². The van der Waals surface area contributed by atoms with Crippen LogP contribution in [0.1, 0.15) is 19.4 Å². The van der Waals surface area contributed by atoms with Crippen LogP contribution in [-0.4, -0.2) is 74.5 Å². The van der Waals surface area contributed by atoms with Crippen molar-refractivity contribution in [3.05, 3.63) is 42.0 Å². The molecule has 1 aliphatic rings. The minimum atomic E-state index is 0. The number of hydrogen-bond acceptors (Lipinski definition) is 3. The van der Waals surface area contributed by atoms with Gasteiger partial charge >= 0.3 is 0 Å². The van der Waals surface area contributed by atoms with E-state index in [0.29, 0.717) is 13.1 Å². The Balaban J connectivity index is 0.00000392. The average molecular weight is 499 g/mol. The van der Waals surface area contributed by atoms with Gasteiger partial charge in [-0.2, -0.15) is 0 Å². The fourth-order valence-electron chi connectivity index (χ4n) is 2.94. The number of nitrogens with zero attached hydrogens (tertiary/aromatic N) is 3. The molecule has 0 saturated carbocycles. The Labute approximate surface area is 186 Å². The molecule has 1 fully saturated rings. The molecule has 1 saturated heterocycles. The van der Waals surface area contributed by atoms with Gasteiger partial charge in [0.25, 0.3) is 0 Å². The van der Waals surface area contributed by atoms with Crippen LogP contribution in [0.25, 0.3) is 6.08 Å². The quantitative estimate of drug-likeness (QED) is 0.262. The van der Waals surface area contributed by atoms with Gasteiger partial charge in [-0.1, -0.05) is 56.3 Å². The van der Waals surface area contributed by atoms with E-state index in [4.69, 9.17) is 0 Å². The summed E-state index contributed by atoms with van der Waals surface area (Å²) in [5.41, 5.74) is 1.24. The van der Waals surface area contributed by atoms with Crippen LogP contribution in [0.2, 0.25) is 0 Å². The predicted molar refractivity (Wildman–Crippen MR) is 128 cm³/mol. The van der Waals surface area contributed by atoms with E-state index in [1.165, 1.54) is 5.56 Å². The van der Waals surface area contributed by atoms with E-state index in [0.717, 1.165) is 38.7 Å². The zero-order chi connectivity index (χ0) is 19.5. The molecule has 156 valence electrons. The van der Waals surface area contributed by atoms with Gasteiger partial charge in [0.1, 0.15) is 0 Å². The molecule has 6 nitrogen and oxygen atoms in total. The first-order valence-corrected chi connectivity index (χ1v) is 9.77. The van der Waals surface area contributed by atoms with Crippen molar-refractivity contribution < 1.29 is 4.79 Å². The number of guanidine groups is 1. The standard InChI is InChI=1S/C21H33N5O.HI/c1-18(2)20(27)23-11-12-24-21(22-3)26-16-14-25(15-17-26)13-7-10-19-8-5-4-6-9-19;/h4-10,18H,11-17H2,1-3H3,(H,22,24)(H,23,27);1H. The van der Waals surface area contributed by atoms with Crippen LogP contribution in [0.4, 0.5) is 0 Å². The molecule has 0 unspecified atom stereocenters. The lowest BCUT2D eigenvalue weighted by molar-refractivity contribution is -0.123. The second kappa shape index (κ2) is 13.5. The van der Waals surface area contributed by atoms with Gasteiger partial charge in [0.05, 0.1) is 0 Å². The van der Waals surface area contributed by atoms with Gasteiger partial charge in [-0.15, -0.1) is 24.0 Å². The summed E-state index contributed by atoms with van der Waals surface area (Å²) in [5.74, 6) is 1.02. The Kier molecular flexibility index (Phi) is 11.8. The van der Waals surface area contributed by atoms with E-state index >= 15 is 0 Å². The molecule has 0 aliphatic carbocycles. The van der Waals surface area contributed by atoms with Gasteiger partial charge in [-0.3, -0.25) is 14.7 Å². The number of carbonyl (C=O) groups excluding carboxylic acids is 1. The minimum Gasteiger partial charge on any atom is -0.354 e. The number of benzene rings is 1. The number of rotatable bonds is 7. The maximum atomic E-state index is 11.6. The fraction of sp³-hybridized carbons (Fsp3) is 0.524. The van der Waals surface area contributed by atoms with Crippen LogP contribution < -0.4 is 10.6 Å². The molecular formula is C21H34IN5O. The highest BCUT2D eigenvalue weighted by molar-refractivity contribution is 14.0. The molecule has 2 N–H and O–H groups in total. The summed E-state index contributed by atoms with van der Waals surface area (Å²) in [6.07, 6.45) is 4.41. The highest BCUT2D eigenvalue weighted by Crippen LogP contribution is 2.05. The van der Waals surface area contributed by atoms with Gasteiger partial charge in [-0.05, 0) is 5.56 Å². The molecule has 2 rings (SSSR count). The molecule has 1 heterocycles. The summed E-state index contributed by atoms with van der Waals surface area (Å²) in [4.78, 5) is 20.7. The van der Waals surface area contributed by atoms with Crippen LogP contribution in [0.15, 0.2) is 41.4 Å². The van der Waals surface area contributed by atoms with Crippen molar-refractivity contribution >= 4 is 41.9 Å². The number of piperazine rings is 1.